The lowest BCUT2D eigenvalue weighted by Gasteiger charge is -2.11. The summed E-state index contributed by atoms with van der Waals surface area (Å²) in [4.78, 5) is 4.74. The summed E-state index contributed by atoms with van der Waals surface area (Å²) >= 11 is 0. The second-order valence-electron chi connectivity index (χ2n) is 7.46. The van der Waals surface area contributed by atoms with Crippen molar-refractivity contribution in [2.75, 3.05) is 5.73 Å². The first kappa shape index (κ1) is 19.9. The minimum absolute atomic E-state index is 0.326. The Morgan fingerprint density at radius 1 is 0.688 bits per heavy atom. The third-order valence-electron chi connectivity index (χ3n) is 5.27. The fourth-order valence-electron chi connectivity index (χ4n) is 3.64. The zero-order chi connectivity index (χ0) is 22.3. The monoisotopic (exact) mass is 430 g/mol. The van der Waals surface area contributed by atoms with Crippen molar-refractivity contribution < 1.29 is 17.9 Å². The van der Waals surface area contributed by atoms with Crippen LogP contribution in [0.15, 0.2) is 91.0 Å². The quantitative estimate of drug-likeness (QED) is 0.239. The lowest BCUT2D eigenvalue weighted by atomic mass is 10.0. The fourth-order valence-corrected chi connectivity index (χ4v) is 3.64. The smallest absolute Gasteiger partial charge is 0.416 e. The van der Waals surface area contributed by atoms with Crippen LogP contribution in [0.5, 0.6) is 11.5 Å². The zero-order valence-corrected chi connectivity index (χ0v) is 16.7. The van der Waals surface area contributed by atoms with E-state index in [0.29, 0.717) is 17.2 Å². The van der Waals surface area contributed by atoms with Crippen LogP contribution in [-0.4, -0.2) is 4.98 Å². The van der Waals surface area contributed by atoms with Gasteiger partial charge < -0.3 is 10.5 Å². The van der Waals surface area contributed by atoms with Crippen molar-refractivity contribution in [3.8, 4) is 22.6 Å². The number of pyridine rings is 1. The Morgan fingerprint density at radius 2 is 1.34 bits per heavy atom. The van der Waals surface area contributed by atoms with Crippen molar-refractivity contribution in [1.29, 1.82) is 0 Å². The van der Waals surface area contributed by atoms with Crippen molar-refractivity contribution in [2.24, 2.45) is 0 Å². The third-order valence-corrected chi connectivity index (χ3v) is 5.27. The average Bonchev–Trinajstić information content (AvgIpc) is 2.78. The Balaban J connectivity index is 1.43. The van der Waals surface area contributed by atoms with Crippen LogP contribution in [0.3, 0.4) is 0 Å². The van der Waals surface area contributed by atoms with Crippen LogP contribution in [0.1, 0.15) is 5.56 Å². The van der Waals surface area contributed by atoms with Crippen LogP contribution in [0, 0.1) is 0 Å². The molecule has 5 aromatic rings. The lowest BCUT2D eigenvalue weighted by Crippen LogP contribution is -2.03. The van der Waals surface area contributed by atoms with Crippen LogP contribution < -0.4 is 10.5 Å². The van der Waals surface area contributed by atoms with E-state index < -0.39 is 11.7 Å². The first-order chi connectivity index (χ1) is 15.4. The highest BCUT2D eigenvalue weighted by atomic mass is 19.4. The second kappa shape index (κ2) is 7.57. The van der Waals surface area contributed by atoms with Crippen LogP contribution in [0.25, 0.3) is 32.9 Å². The number of nitrogen functional groups attached to an aromatic ring is 1. The average molecular weight is 430 g/mol. The minimum Gasteiger partial charge on any atom is -0.457 e. The highest BCUT2D eigenvalue weighted by Gasteiger charge is 2.30. The number of ether oxygens (including phenoxy) is 1. The lowest BCUT2D eigenvalue weighted by molar-refractivity contribution is -0.137. The normalized spacial score (nSPS) is 11.7. The molecule has 0 radical (unpaired) electrons. The van der Waals surface area contributed by atoms with Gasteiger partial charge in [-0.05, 0) is 66.2 Å². The molecule has 0 saturated carbocycles. The molecule has 0 fully saturated rings. The van der Waals surface area contributed by atoms with Crippen LogP contribution in [-0.2, 0) is 6.18 Å². The van der Waals surface area contributed by atoms with E-state index in [2.05, 4.69) is 6.07 Å². The third kappa shape index (κ3) is 3.83. The first-order valence-corrected chi connectivity index (χ1v) is 9.91. The van der Waals surface area contributed by atoms with Crippen molar-refractivity contribution in [2.45, 2.75) is 6.18 Å². The topological polar surface area (TPSA) is 48.1 Å². The Kier molecular flexibility index (Phi) is 4.70. The predicted octanol–water partition coefficient (Wildman–Crippen LogP) is 7.45. The van der Waals surface area contributed by atoms with Gasteiger partial charge in [-0.2, -0.15) is 13.2 Å². The summed E-state index contributed by atoms with van der Waals surface area (Å²) in [6.07, 6.45) is -4.37. The van der Waals surface area contributed by atoms with Crippen molar-refractivity contribution >= 4 is 27.5 Å². The molecule has 0 aliphatic heterocycles. The molecule has 3 nitrogen and oxygen atoms in total. The molecule has 0 amide bonds. The second-order valence-corrected chi connectivity index (χ2v) is 7.46. The van der Waals surface area contributed by atoms with E-state index in [1.165, 1.54) is 12.1 Å². The number of fused-ring (bicyclic) bond motifs is 2. The van der Waals surface area contributed by atoms with E-state index in [1.54, 1.807) is 12.1 Å². The Morgan fingerprint density at radius 3 is 2.03 bits per heavy atom. The molecule has 0 aliphatic carbocycles. The highest BCUT2D eigenvalue weighted by molar-refractivity contribution is 5.97. The number of para-hydroxylation sites is 1. The molecular weight excluding hydrogens is 413 g/mol. The van der Waals surface area contributed by atoms with Crippen molar-refractivity contribution in [3.05, 3.63) is 96.6 Å². The molecule has 0 bridgehead atoms. The first-order valence-electron chi connectivity index (χ1n) is 9.91. The number of alkyl halides is 3. The molecule has 0 atom stereocenters. The molecule has 0 spiro atoms. The summed E-state index contributed by atoms with van der Waals surface area (Å²) in [7, 11) is 0. The fraction of sp³-hybridized carbons (Fsp3) is 0.0385. The van der Waals surface area contributed by atoms with Crippen LogP contribution in [0.4, 0.5) is 18.9 Å². The van der Waals surface area contributed by atoms with Gasteiger partial charge in [0.1, 0.15) is 11.5 Å². The Labute approximate surface area is 181 Å². The molecule has 5 rings (SSSR count). The predicted molar refractivity (Wildman–Crippen MR) is 121 cm³/mol. The summed E-state index contributed by atoms with van der Waals surface area (Å²) in [5, 5.41) is 2.02. The van der Waals surface area contributed by atoms with E-state index in [1.807, 2.05) is 48.5 Å². The highest BCUT2D eigenvalue weighted by Crippen LogP contribution is 2.34. The summed E-state index contributed by atoms with van der Waals surface area (Å²) in [5.74, 6) is 0.837. The maximum absolute atomic E-state index is 12.7. The van der Waals surface area contributed by atoms with Gasteiger partial charge in [-0.3, -0.25) is 0 Å². The van der Waals surface area contributed by atoms with Gasteiger partial charge in [-0.1, -0.05) is 30.3 Å². The van der Waals surface area contributed by atoms with Gasteiger partial charge in [0.15, 0.2) is 0 Å². The van der Waals surface area contributed by atoms with E-state index in [0.717, 1.165) is 45.1 Å². The molecule has 158 valence electrons. The van der Waals surface area contributed by atoms with Gasteiger partial charge in [0.2, 0.25) is 0 Å². The number of rotatable bonds is 3. The molecule has 2 N–H and O–H groups in total. The summed E-state index contributed by atoms with van der Waals surface area (Å²) in [6.45, 7) is 0. The van der Waals surface area contributed by atoms with Gasteiger partial charge in [0.05, 0.1) is 16.6 Å². The Bertz CT molecular complexity index is 1430. The molecule has 32 heavy (non-hydrogen) atoms. The van der Waals surface area contributed by atoms with Gasteiger partial charge in [0.25, 0.3) is 0 Å². The number of benzene rings is 4. The van der Waals surface area contributed by atoms with E-state index in [4.69, 9.17) is 15.5 Å². The van der Waals surface area contributed by atoms with Gasteiger partial charge in [-0.25, -0.2) is 4.98 Å². The number of aromatic nitrogens is 1. The van der Waals surface area contributed by atoms with Crippen molar-refractivity contribution in [1.82, 2.24) is 4.98 Å². The SMILES string of the molecule is Nc1cc2cc3ccccc3nc2cc1-c1ccc(Oc2ccc(C(F)(F)F)cc2)cc1. The molecule has 6 heteroatoms. The summed E-state index contributed by atoms with van der Waals surface area (Å²) in [6, 6.07) is 25.7. The molecule has 0 aliphatic rings. The minimum atomic E-state index is -4.37. The van der Waals surface area contributed by atoms with E-state index in [-0.39, 0.29) is 0 Å². The molecule has 0 unspecified atom stereocenters. The molecular formula is C26H17F3N2O. The number of hydrogen-bond acceptors (Lipinski definition) is 3. The standard InChI is InChI=1S/C26H17F3N2O/c27-26(28,29)19-7-11-21(12-8-19)32-20-9-5-16(6-10-20)22-15-25-18(14-23(22)30)13-17-3-1-2-4-24(17)31-25/h1-15H,30H2. The molecule has 4 aromatic carbocycles. The molecule has 0 saturated heterocycles. The summed E-state index contributed by atoms with van der Waals surface area (Å²) < 4.78 is 43.8. The molecule has 1 aromatic heterocycles. The maximum atomic E-state index is 12.7. The van der Waals surface area contributed by atoms with Gasteiger partial charge in [-0.15, -0.1) is 0 Å². The molecule has 1 heterocycles. The van der Waals surface area contributed by atoms with Crippen molar-refractivity contribution in [3.63, 3.8) is 0 Å². The van der Waals surface area contributed by atoms with Crippen LogP contribution >= 0.6 is 0 Å². The van der Waals surface area contributed by atoms with Gasteiger partial charge >= 0.3 is 6.18 Å². The maximum Gasteiger partial charge on any atom is 0.416 e. The van der Waals surface area contributed by atoms with Crippen LogP contribution in [0.2, 0.25) is 0 Å². The zero-order valence-electron chi connectivity index (χ0n) is 16.7. The van der Waals surface area contributed by atoms with E-state index >= 15 is 0 Å². The Hall–Kier alpha value is -4.06. The number of nitrogens with two attached hydrogens (primary N) is 1. The summed E-state index contributed by atoms with van der Waals surface area (Å²) in [5.41, 5.74) is 9.73. The largest absolute Gasteiger partial charge is 0.457 e. The van der Waals surface area contributed by atoms with E-state index in [9.17, 15) is 13.2 Å². The number of nitrogens with zero attached hydrogens (tertiary/aromatic N) is 1. The number of halogens is 3. The number of hydrogen-bond donors (Lipinski definition) is 1. The number of anilines is 1. The van der Waals surface area contributed by atoms with Gasteiger partial charge in [0, 0.05) is 22.0 Å².